The predicted molar refractivity (Wildman–Crippen MR) is 81.6 cm³/mol. The highest BCUT2D eigenvalue weighted by atomic mass is 32.1. The molecule has 2 aromatic rings. The highest BCUT2D eigenvalue weighted by molar-refractivity contribution is 7.13. The van der Waals surface area contributed by atoms with Crippen molar-refractivity contribution in [1.82, 2.24) is 4.98 Å². The summed E-state index contributed by atoms with van der Waals surface area (Å²) in [4.78, 5) is 18.9. The minimum atomic E-state index is -0.766. The van der Waals surface area contributed by atoms with Crippen molar-refractivity contribution in [3.63, 3.8) is 0 Å². The van der Waals surface area contributed by atoms with Crippen molar-refractivity contribution in [2.75, 3.05) is 4.90 Å². The van der Waals surface area contributed by atoms with Crippen molar-refractivity contribution in [3.05, 3.63) is 33.5 Å². The quantitative estimate of drug-likeness (QED) is 0.852. The maximum Gasteiger partial charge on any atom is 0.303 e. The van der Waals surface area contributed by atoms with Gasteiger partial charge in [-0.25, -0.2) is 4.98 Å². The number of thiophene rings is 1. The molecule has 4 nitrogen and oxygen atoms in total. The maximum atomic E-state index is 10.6. The number of thiazole rings is 1. The van der Waals surface area contributed by atoms with Gasteiger partial charge in [0.1, 0.15) is 0 Å². The number of nitrogens with zero attached hydrogens (tertiary/aromatic N) is 2. The molecule has 0 aromatic carbocycles. The molecule has 0 unspecified atom stereocenters. The standard InChI is InChI=1S/C14H16N2O2S2/c17-13(18)6-3-10-9-20-14(15-10)16(11-4-5-11)8-12-2-1-7-19-12/h1-2,7,9,11H,3-6,8H2,(H,17,18). The first-order valence-electron chi connectivity index (χ1n) is 6.67. The third kappa shape index (κ3) is 3.37. The van der Waals surface area contributed by atoms with E-state index in [4.69, 9.17) is 5.11 Å². The van der Waals surface area contributed by atoms with Gasteiger partial charge in [0.2, 0.25) is 0 Å². The molecule has 0 amide bonds. The average molecular weight is 308 g/mol. The zero-order valence-corrected chi connectivity index (χ0v) is 12.6. The molecule has 0 aliphatic heterocycles. The van der Waals surface area contributed by atoms with E-state index in [1.807, 2.05) is 5.38 Å². The molecule has 1 fully saturated rings. The fourth-order valence-corrected chi connectivity index (χ4v) is 3.72. The minimum absolute atomic E-state index is 0.150. The first-order valence-corrected chi connectivity index (χ1v) is 8.43. The van der Waals surface area contributed by atoms with Crippen LogP contribution in [0.25, 0.3) is 0 Å². The van der Waals surface area contributed by atoms with Crippen LogP contribution in [0, 0.1) is 0 Å². The Hall–Kier alpha value is -1.40. The lowest BCUT2D eigenvalue weighted by molar-refractivity contribution is -0.136. The van der Waals surface area contributed by atoms with Crippen LogP contribution in [0.5, 0.6) is 0 Å². The summed E-state index contributed by atoms with van der Waals surface area (Å²) in [6, 6.07) is 4.83. The van der Waals surface area contributed by atoms with Crippen LogP contribution >= 0.6 is 22.7 Å². The second kappa shape index (κ2) is 5.93. The van der Waals surface area contributed by atoms with Crippen LogP contribution < -0.4 is 4.90 Å². The predicted octanol–water partition coefficient (Wildman–Crippen LogP) is 3.39. The molecular formula is C14H16N2O2S2. The molecule has 0 bridgehead atoms. The highest BCUT2D eigenvalue weighted by Crippen LogP contribution is 2.35. The highest BCUT2D eigenvalue weighted by Gasteiger charge is 2.31. The number of rotatable bonds is 7. The van der Waals surface area contributed by atoms with Gasteiger partial charge in [0, 0.05) is 22.7 Å². The molecule has 6 heteroatoms. The number of hydrogen-bond donors (Lipinski definition) is 1. The monoisotopic (exact) mass is 308 g/mol. The van der Waals surface area contributed by atoms with Gasteiger partial charge in [0.25, 0.3) is 0 Å². The molecule has 3 rings (SSSR count). The summed E-state index contributed by atoms with van der Waals surface area (Å²) in [7, 11) is 0. The van der Waals surface area contributed by atoms with Crippen LogP contribution in [0.2, 0.25) is 0 Å². The van der Waals surface area contributed by atoms with Gasteiger partial charge in [-0.15, -0.1) is 22.7 Å². The average Bonchev–Trinajstić information content (AvgIpc) is 2.95. The Bertz CT molecular complexity index is 576. The molecule has 0 radical (unpaired) electrons. The van der Waals surface area contributed by atoms with Gasteiger partial charge < -0.3 is 10.0 Å². The molecule has 2 aromatic heterocycles. The van der Waals surface area contributed by atoms with Gasteiger partial charge in [-0.05, 0) is 24.3 Å². The van der Waals surface area contributed by atoms with E-state index in [0.29, 0.717) is 12.5 Å². The van der Waals surface area contributed by atoms with Crippen LogP contribution in [0.15, 0.2) is 22.9 Å². The van der Waals surface area contributed by atoms with E-state index in [0.717, 1.165) is 17.4 Å². The topological polar surface area (TPSA) is 53.4 Å². The minimum Gasteiger partial charge on any atom is -0.481 e. The van der Waals surface area contributed by atoms with Crippen molar-refractivity contribution in [2.24, 2.45) is 0 Å². The largest absolute Gasteiger partial charge is 0.481 e. The molecule has 1 aliphatic rings. The van der Waals surface area contributed by atoms with E-state index < -0.39 is 5.97 Å². The molecule has 20 heavy (non-hydrogen) atoms. The Labute approximate surface area is 125 Å². The number of carboxylic acids is 1. The number of carbonyl (C=O) groups is 1. The molecule has 106 valence electrons. The fourth-order valence-electron chi connectivity index (χ4n) is 2.09. The molecule has 1 saturated carbocycles. The van der Waals surface area contributed by atoms with Gasteiger partial charge in [0.05, 0.1) is 18.7 Å². The maximum absolute atomic E-state index is 10.6. The van der Waals surface area contributed by atoms with E-state index in [1.165, 1.54) is 17.7 Å². The lowest BCUT2D eigenvalue weighted by atomic mass is 10.2. The number of aryl methyl sites for hydroxylation is 1. The molecule has 0 spiro atoms. The van der Waals surface area contributed by atoms with Crippen LogP contribution in [0.3, 0.4) is 0 Å². The fraction of sp³-hybridized carbons (Fsp3) is 0.429. The Morgan fingerprint density at radius 3 is 2.95 bits per heavy atom. The van der Waals surface area contributed by atoms with Crippen LogP contribution in [-0.2, 0) is 17.8 Å². The van der Waals surface area contributed by atoms with E-state index in [9.17, 15) is 4.79 Å². The summed E-state index contributed by atoms with van der Waals surface area (Å²) in [6.45, 7) is 0.911. The van der Waals surface area contributed by atoms with Crippen LogP contribution in [0.1, 0.15) is 29.8 Å². The smallest absolute Gasteiger partial charge is 0.303 e. The summed E-state index contributed by atoms with van der Waals surface area (Å²) >= 11 is 3.40. The van der Waals surface area contributed by atoms with E-state index in [1.54, 1.807) is 22.7 Å². The van der Waals surface area contributed by atoms with Gasteiger partial charge in [-0.1, -0.05) is 6.07 Å². The van der Waals surface area contributed by atoms with Crippen LogP contribution in [0.4, 0.5) is 5.13 Å². The molecular weight excluding hydrogens is 292 g/mol. The van der Waals surface area contributed by atoms with Crippen molar-refractivity contribution >= 4 is 33.8 Å². The second-order valence-electron chi connectivity index (χ2n) is 4.95. The molecule has 0 atom stereocenters. The second-order valence-corrected chi connectivity index (χ2v) is 6.82. The van der Waals surface area contributed by atoms with Gasteiger partial charge in [-0.3, -0.25) is 4.79 Å². The molecule has 2 heterocycles. The lowest BCUT2D eigenvalue weighted by Crippen LogP contribution is -2.24. The lowest BCUT2D eigenvalue weighted by Gasteiger charge is -2.20. The van der Waals surface area contributed by atoms with Crippen molar-refractivity contribution in [3.8, 4) is 0 Å². The van der Waals surface area contributed by atoms with Crippen molar-refractivity contribution in [2.45, 2.75) is 38.3 Å². The Balaban J connectivity index is 1.69. The summed E-state index contributed by atoms with van der Waals surface area (Å²) in [5.41, 5.74) is 0.893. The zero-order valence-electron chi connectivity index (χ0n) is 11.0. The van der Waals surface area contributed by atoms with Crippen molar-refractivity contribution in [1.29, 1.82) is 0 Å². The molecule has 0 saturated heterocycles. The van der Waals surface area contributed by atoms with E-state index in [2.05, 4.69) is 27.4 Å². The number of anilines is 1. The number of aromatic nitrogens is 1. The summed E-state index contributed by atoms with van der Waals surface area (Å²) in [6.07, 6.45) is 3.13. The number of aliphatic carboxylic acids is 1. The summed E-state index contributed by atoms with van der Waals surface area (Å²) < 4.78 is 0. The zero-order chi connectivity index (χ0) is 13.9. The van der Waals surface area contributed by atoms with Crippen molar-refractivity contribution < 1.29 is 9.90 Å². The first-order chi connectivity index (χ1) is 9.72. The summed E-state index contributed by atoms with van der Waals surface area (Å²) in [5, 5.41) is 13.8. The number of carboxylic acid groups (broad SMARTS) is 1. The Kier molecular flexibility index (Phi) is 4.03. The molecule has 1 N–H and O–H groups in total. The molecule has 1 aliphatic carbocycles. The van der Waals surface area contributed by atoms with Gasteiger partial charge in [0.15, 0.2) is 5.13 Å². The van der Waals surface area contributed by atoms with E-state index in [-0.39, 0.29) is 6.42 Å². The van der Waals surface area contributed by atoms with Crippen LogP contribution in [-0.4, -0.2) is 22.1 Å². The Morgan fingerprint density at radius 2 is 2.30 bits per heavy atom. The third-order valence-corrected chi connectivity index (χ3v) is 5.06. The number of hydrogen-bond acceptors (Lipinski definition) is 5. The first kappa shape index (κ1) is 13.6. The normalized spacial score (nSPS) is 14.4. The third-order valence-electron chi connectivity index (χ3n) is 3.27. The van der Waals surface area contributed by atoms with Gasteiger partial charge in [-0.2, -0.15) is 0 Å². The summed E-state index contributed by atoms with van der Waals surface area (Å²) in [5.74, 6) is -0.766. The van der Waals surface area contributed by atoms with Gasteiger partial charge >= 0.3 is 5.97 Å². The SMILES string of the molecule is O=C(O)CCc1csc(N(Cc2cccs2)C2CC2)n1. The Morgan fingerprint density at radius 1 is 1.45 bits per heavy atom. The van der Waals surface area contributed by atoms with E-state index >= 15 is 0 Å².